The lowest BCUT2D eigenvalue weighted by Gasteiger charge is -2.24. The fourth-order valence-corrected chi connectivity index (χ4v) is 1.72. The van der Waals surface area contributed by atoms with Crippen molar-refractivity contribution in [3.8, 4) is 6.07 Å². The molecule has 0 saturated heterocycles. The zero-order valence-corrected chi connectivity index (χ0v) is 11.1. The summed E-state index contributed by atoms with van der Waals surface area (Å²) in [6.07, 6.45) is 0. The molecule has 0 atom stereocenters. The lowest BCUT2D eigenvalue weighted by molar-refractivity contribution is 0.350. The third-order valence-corrected chi connectivity index (χ3v) is 2.76. The van der Waals surface area contributed by atoms with E-state index >= 15 is 0 Å². The number of benzene rings is 1. The Kier molecular flexibility index (Phi) is 5.15. The van der Waals surface area contributed by atoms with E-state index in [0.717, 1.165) is 5.56 Å². The fraction of sp³-hybridized carbons (Fsp3) is 0.231. The van der Waals surface area contributed by atoms with Gasteiger partial charge < -0.3 is 16.4 Å². The average molecular weight is 260 g/mol. The molecule has 0 aliphatic carbocycles. The van der Waals surface area contributed by atoms with Gasteiger partial charge in [0.1, 0.15) is 22.5 Å². The van der Waals surface area contributed by atoms with Gasteiger partial charge in [0.2, 0.25) is 0 Å². The third kappa shape index (κ3) is 3.47. The fourth-order valence-electron chi connectivity index (χ4n) is 1.57. The van der Waals surface area contributed by atoms with Crippen LogP contribution in [-0.2, 0) is 6.54 Å². The molecule has 0 radical (unpaired) electrons. The highest BCUT2D eigenvalue weighted by Gasteiger charge is 2.12. The Morgan fingerprint density at radius 1 is 1.33 bits per heavy atom. The Labute approximate surface area is 112 Å². The van der Waals surface area contributed by atoms with Crippen molar-refractivity contribution in [1.82, 2.24) is 4.90 Å². The van der Waals surface area contributed by atoms with Crippen LogP contribution >= 0.6 is 12.2 Å². The van der Waals surface area contributed by atoms with E-state index < -0.39 is 0 Å². The van der Waals surface area contributed by atoms with Crippen LogP contribution in [0.4, 0.5) is 0 Å². The van der Waals surface area contributed by atoms with E-state index in [9.17, 15) is 0 Å². The second-order valence-corrected chi connectivity index (χ2v) is 4.18. The van der Waals surface area contributed by atoms with Gasteiger partial charge in [-0.1, -0.05) is 42.5 Å². The summed E-state index contributed by atoms with van der Waals surface area (Å²) in [7, 11) is 0. The quantitative estimate of drug-likeness (QED) is 0.476. The first kappa shape index (κ1) is 14.0. The zero-order valence-electron chi connectivity index (χ0n) is 10.3. The molecule has 0 amide bonds. The van der Waals surface area contributed by atoms with Crippen molar-refractivity contribution >= 4 is 17.2 Å². The topological polar surface area (TPSA) is 79.1 Å². The number of nitrogens with zero attached hydrogens (tertiary/aromatic N) is 2. The van der Waals surface area contributed by atoms with Gasteiger partial charge >= 0.3 is 0 Å². The van der Waals surface area contributed by atoms with Crippen molar-refractivity contribution in [3.05, 3.63) is 47.3 Å². The summed E-state index contributed by atoms with van der Waals surface area (Å²) in [5.41, 5.74) is 12.7. The molecule has 0 aliphatic heterocycles. The van der Waals surface area contributed by atoms with Gasteiger partial charge in [-0.15, -0.1) is 0 Å². The Morgan fingerprint density at radius 3 is 2.39 bits per heavy atom. The minimum Gasteiger partial charge on any atom is -0.389 e. The maximum absolute atomic E-state index is 9.00. The minimum atomic E-state index is 0.0292. The van der Waals surface area contributed by atoms with Crippen molar-refractivity contribution in [1.29, 1.82) is 5.26 Å². The first-order chi connectivity index (χ1) is 8.60. The summed E-state index contributed by atoms with van der Waals surface area (Å²) in [4.78, 5) is 1.90. The van der Waals surface area contributed by atoms with E-state index in [1.54, 1.807) is 0 Å². The van der Waals surface area contributed by atoms with Crippen LogP contribution in [0.1, 0.15) is 12.5 Å². The average Bonchev–Trinajstić information content (AvgIpc) is 2.37. The molecule has 4 N–H and O–H groups in total. The molecule has 0 spiro atoms. The molecular formula is C13H16N4S. The molecule has 0 aromatic heterocycles. The van der Waals surface area contributed by atoms with Gasteiger partial charge in [0.15, 0.2) is 0 Å². The van der Waals surface area contributed by atoms with Gasteiger partial charge in [0.05, 0.1) is 0 Å². The molecule has 1 rings (SSSR count). The Hall–Kier alpha value is -2.06. The summed E-state index contributed by atoms with van der Waals surface area (Å²) in [6, 6.07) is 11.8. The molecular weight excluding hydrogens is 244 g/mol. The number of nitrogens with two attached hydrogens (primary N) is 2. The molecule has 0 heterocycles. The molecule has 0 aliphatic rings. The first-order valence-electron chi connectivity index (χ1n) is 5.58. The van der Waals surface area contributed by atoms with Crippen LogP contribution in [0.15, 0.2) is 41.7 Å². The normalized spacial score (nSPS) is 11.3. The molecule has 94 valence electrons. The third-order valence-electron chi connectivity index (χ3n) is 2.55. The van der Waals surface area contributed by atoms with Crippen LogP contribution in [0.5, 0.6) is 0 Å². The van der Waals surface area contributed by atoms with E-state index in [0.29, 0.717) is 18.9 Å². The van der Waals surface area contributed by atoms with Crippen molar-refractivity contribution < 1.29 is 0 Å². The second-order valence-electron chi connectivity index (χ2n) is 3.74. The number of thiocarbonyl (C=S) groups is 1. The van der Waals surface area contributed by atoms with Gasteiger partial charge in [0, 0.05) is 13.1 Å². The maximum atomic E-state index is 9.00. The molecule has 0 saturated carbocycles. The van der Waals surface area contributed by atoms with Gasteiger partial charge in [-0.2, -0.15) is 5.26 Å². The Bertz CT molecular complexity index is 487. The molecule has 4 nitrogen and oxygen atoms in total. The van der Waals surface area contributed by atoms with Gasteiger partial charge in [-0.3, -0.25) is 0 Å². The summed E-state index contributed by atoms with van der Waals surface area (Å²) in [6.45, 7) is 3.26. The van der Waals surface area contributed by atoms with E-state index in [-0.39, 0.29) is 10.6 Å². The van der Waals surface area contributed by atoms with Crippen molar-refractivity contribution in [3.63, 3.8) is 0 Å². The van der Waals surface area contributed by atoms with Crippen LogP contribution in [0, 0.1) is 11.3 Å². The van der Waals surface area contributed by atoms with Crippen molar-refractivity contribution in [2.75, 3.05) is 6.54 Å². The molecule has 1 aromatic carbocycles. The van der Waals surface area contributed by atoms with Crippen LogP contribution in [0.25, 0.3) is 0 Å². The van der Waals surface area contributed by atoms with E-state index in [1.165, 1.54) is 0 Å². The van der Waals surface area contributed by atoms with Crippen LogP contribution in [0.3, 0.4) is 0 Å². The molecule has 0 bridgehead atoms. The van der Waals surface area contributed by atoms with E-state index in [2.05, 4.69) is 0 Å². The van der Waals surface area contributed by atoms with E-state index in [4.69, 9.17) is 28.9 Å². The maximum Gasteiger partial charge on any atom is 0.126 e. The van der Waals surface area contributed by atoms with E-state index in [1.807, 2.05) is 48.2 Å². The number of hydrogen-bond donors (Lipinski definition) is 2. The number of rotatable bonds is 5. The Balaban J connectivity index is 2.98. The lowest BCUT2D eigenvalue weighted by atomic mass is 10.2. The molecule has 18 heavy (non-hydrogen) atoms. The van der Waals surface area contributed by atoms with Crippen molar-refractivity contribution in [2.45, 2.75) is 13.5 Å². The minimum absolute atomic E-state index is 0.0292. The van der Waals surface area contributed by atoms with Crippen molar-refractivity contribution in [2.24, 2.45) is 11.5 Å². The standard InChI is InChI=1S/C13H16N4S/c1-2-17(9-10-6-4-3-5-7-10)12(15)11(8-14)13(16)18/h3-7H,2,9,15H2,1H3,(H2,16,18)/b12-11-. The number of nitriles is 1. The smallest absolute Gasteiger partial charge is 0.126 e. The molecule has 1 aromatic rings. The highest BCUT2D eigenvalue weighted by Crippen LogP contribution is 2.10. The Morgan fingerprint density at radius 2 is 1.94 bits per heavy atom. The monoisotopic (exact) mass is 260 g/mol. The van der Waals surface area contributed by atoms with Gasteiger partial charge in [-0.25, -0.2) is 0 Å². The van der Waals surface area contributed by atoms with Gasteiger partial charge in [0.25, 0.3) is 0 Å². The summed E-state index contributed by atoms with van der Waals surface area (Å²) >= 11 is 4.81. The molecule has 0 unspecified atom stereocenters. The number of hydrogen-bond acceptors (Lipinski definition) is 4. The summed E-state index contributed by atoms with van der Waals surface area (Å²) in [5, 5.41) is 9.00. The van der Waals surface area contributed by atoms with Gasteiger partial charge in [-0.05, 0) is 12.5 Å². The summed E-state index contributed by atoms with van der Waals surface area (Å²) < 4.78 is 0. The highest BCUT2D eigenvalue weighted by molar-refractivity contribution is 7.80. The molecule has 5 heteroatoms. The summed E-state index contributed by atoms with van der Waals surface area (Å²) in [5.74, 6) is 0.330. The first-order valence-corrected chi connectivity index (χ1v) is 5.99. The lowest BCUT2D eigenvalue weighted by Crippen LogP contribution is -2.31. The second kappa shape index (κ2) is 6.62. The SMILES string of the molecule is CCN(Cc1ccccc1)/C(N)=C(/C#N)C(N)=S. The predicted octanol–water partition coefficient (Wildman–Crippen LogP) is 1.49. The van der Waals surface area contributed by atoms with Crippen LogP contribution in [-0.4, -0.2) is 16.4 Å². The van der Waals surface area contributed by atoms with Crippen LogP contribution in [0.2, 0.25) is 0 Å². The van der Waals surface area contributed by atoms with Crippen LogP contribution < -0.4 is 11.5 Å². The predicted molar refractivity (Wildman–Crippen MR) is 76.1 cm³/mol. The molecule has 0 fully saturated rings. The zero-order chi connectivity index (χ0) is 13.5. The largest absolute Gasteiger partial charge is 0.389 e. The highest BCUT2D eigenvalue weighted by atomic mass is 32.1.